The lowest BCUT2D eigenvalue weighted by Crippen LogP contribution is -1.81. The van der Waals surface area contributed by atoms with Gasteiger partial charge >= 0.3 is 0 Å². The minimum atomic E-state index is 0.700. The van der Waals surface area contributed by atoms with E-state index in [1.165, 1.54) is 0 Å². The lowest BCUT2D eigenvalue weighted by molar-refractivity contribution is 0.112. The molecule has 0 radical (unpaired) electrons. The van der Waals surface area contributed by atoms with Crippen LogP contribution in [-0.2, 0) is 0 Å². The highest BCUT2D eigenvalue weighted by atomic mass is 79.9. The van der Waals surface area contributed by atoms with Crippen molar-refractivity contribution in [2.24, 2.45) is 0 Å². The maximum absolute atomic E-state index is 10.6. The molecule has 0 N–H and O–H groups in total. The van der Waals surface area contributed by atoms with Gasteiger partial charge < -0.3 is 0 Å². The number of aldehydes is 1. The minimum absolute atomic E-state index is 0.700. The number of hydrogen-bond acceptors (Lipinski definition) is 1. The monoisotopic (exact) mass is 234 g/mol. The summed E-state index contributed by atoms with van der Waals surface area (Å²) < 4.78 is 0.965. The molecule has 0 unspecified atom stereocenters. The molecule has 0 saturated carbocycles. The van der Waals surface area contributed by atoms with E-state index < -0.39 is 0 Å². The zero-order valence-corrected chi connectivity index (χ0v) is 8.41. The van der Waals surface area contributed by atoms with Crippen LogP contribution in [0.15, 0.2) is 40.9 Å². The van der Waals surface area contributed by atoms with Crippen molar-refractivity contribution in [1.82, 2.24) is 0 Å². The van der Waals surface area contributed by atoms with Gasteiger partial charge in [-0.1, -0.05) is 40.2 Å². The first-order valence-electron chi connectivity index (χ1n) is 3.95. The van der Waals surface area contributed by atoms with Gasteiger partial charge in [-0.15, -0.1) is 0 Å². The van der Waals surface area contributed by atoms with Gasteiger partial charge in [0, 0.05) is 10.0 Å². The van der Waals surface area contributed by atoms with Crippen molar-refractivity contribution in [3.05, 3.63) is 46.4 Å². The van der Waals surface area contributed by atoms with E-state index >= 15 is 0 Å². The second-order valence-corrected chi connectivity index (χ2v) is 3.70. The molecular formula is C11H7BrO. The summed E-state index contributed by atoms with van der Waals surface area (Å²) in [5, 5.41) is 2.21. The van der Waals surface area contributed by atoms with E-state index in [9.17, 15) is 4.79 Å². The van der Waals surface area contributed by atoms with Gasteiger partial charge in [0.05, 0.1) is 0 Å². The lowest BCUT2D eigenvalue weighted by Gasteiger charge is -2.00. The largest absolute Gasteiger partial charge is 0.298 e. The Labute approximate surface area is 84.5 Å². The summed E-state index contributed by atoms with van der Waals surface area (Å²) in [6, 6.07) is 11.7. The van der Waals surface area contributed by atoms with Crippen LogP contribution < -0.4 is 0 Å². The number of carbonyl (C=O) groups is 1. The van der Waals surface area contributed by atoms with Crippen LogP contribution in [0.25, 0.3) is 10.8 Å². The first-order chi connectivity index (χ1) is 6.31. The average molecular weight is 235 g/mol. The molecule has 13 heavy (non-hydrogen) atoms. The van der Waals surface area contributed by atoms with Crippen LogP contribution in [0, 0.1) is 0 Å². The predicted octanol–water partition coefficient (Wildman–Crippen LogP) is 3.41. The Bertz CT molecular complexity index is 463. The molecule has 64 valence electrons. The topological polar surface area (TPSA) is 17.1 Å². The molecule has 0 atom stereocenters. The fourth-order valence-electron chi connectivity index (χ4n) is 1.35. The molecule has 0 bridgehead atoms. The van der Waals surface area contributed by atoms with Crippen LogP contribution in [0.2, 0.25) is 0 Å². The van der Waals surface area contributed by atoms with Crippen molar-refractivity contribution in [3.63, 3.8) is 0 Å². The second kappa shape index (κ2) is 3.30. The molecule has 1 nitrogen and oxygen atoms in total. The summed E-state index contributed by atoms with van der Waals surface area (Å²) in [6.45, 7) is 0. The van der Waals surface area contributed by atoms with E-state index in [2.05, 4.69) is 15.9 Å². The number of rotatable bonds is 1. The number of halogens is 1. The van der Waals surface area contributed by atoms with Crippen LogP contribution >= 0.6 is 15.9 Å². The maximum Gasteiger partial charge on any atom is 0.150 e. The van der Waals surface area contributed by atoms with Gasteiger partial charge in [-0.05, 0) is 22.9 Å². The summed E-state index contributed by atoms with van der Waals surface area (Å²) in [5.41, 5.74) is 0.700. The molecule has 0 aromatic heterocycles. The molecule has 2 heteroatoms. The van der Waals surface area contributed by atoms with E-state index in [-0.39, 0.29) is 0 Å². The van der Waals surface area contributed by atoms with Crippen molar-refractivity contribution >= 4 is 33.0 Å². The van der Waals surface area contributed by atoms with E-state index in [0.29, 0.717) is 5.56 Å². The summed E-state index contributed by atoms with van der Waals surface area (Å²) >= 11 is 3.43. The fourth-order valence-corrected chi connectivity index (χ4v) is 1.98. The van der Waals surface area contributed by atoms with Gasteiger partial charge in [0.2, 0.25) is 0 Å². The molecule has 2 aromatic carbocycles. The summed E-state index contributed by atoms with van der Waals surface area (Å²) in [4.78, 5) is 10.6. The van der Waals surface area contributed by atoms with Crippen molar-refractivity contribution in [1.29, 1.82) is 0 Å². The molecule has 0 aliphatic heterocycles. The van der Waals surface area contributed by atoms with E-state index in [0.717, 1.165) is 21.5 Å². The zero-order valence-electron chi connectivity index (χ0n) is 6.83. The number of benzene rings is 2. The van der Waals surface area contributed by atoms with Crippen LogP contribution in [0.1, 0.15) is 10.4 Å². The number of carbonyl (C=O) groups excluding carboxylic acids is 1. The Morgan fingerprint density at radius 1 is 1.15 bits per heavy atom. The zero-order chi connectivity index (χ0) is 9.26. The Morgan fingerprint density at radius 2 is 1.92 bits per heavy atom. The molecule has 0 aliphatic rings. The van der Waals surface area contributed by atoms with Crippen LogP contribution in [-0.4, -0.2) is 6.29 Å². The minimum Gasteiger partial charge on any atom is -0.298 e. The summed E-state index contributed by atoms with van der Waals surface area (Å²) in [5.74, 6) is 0. The average Bonchev–Trinajstić information content (AvgIpc) is 2.18. The SMILES string of the molecule is O=Cc1cc(Br)c2ccccc2c1. The summed E-state index contributed by atoms with van der Waals surface area (Å²) in [6.07, 6.45) is 0.858. The van der Waals surface area contributed by atoms with E-state index in [1.54, 1.807) is 0 Å². The number of fused-ring (bicyclic) bond motifs is 1. The summed E-state index contributed by atoms with van der Waals surface area (Å²) in [7, 11) is 0. The Hall–Kier alpha value is -1.15. The number of hydrogen-bond donors (Lipinski definition) is 0. The molecule has 0 fully saturated rings. The molecule has 0 spiro atoms. The molecule has 0 amide bonds. The molecule has 0 saturated heterocycles. The fraction of sp³-hybridized carbons (Fsp3) is 0. The first kappa shape index (κ1) is 8.45. The van der Waals surface area contributed by atoms with Crippen molar-refractivity contribution in [2.75, 3.05) is 0 Å². The maximum atomic E-state index is 10.6. The van der Waals surface area contributed by atoms with E-state index in [4.69, 9.17) is 0 Å². The predicted molar refractivity (Wildman–Crippen MR) is 57.0 cm³/mol. The van der Waals surface area contributed by atoms with Gasteiger partial charge in [0.25, 0.3) is 0 Å². The highest BCUT2D eigenvalue weighted by Gasteiger charge is 1.99. The second-order valence-electron chi connectivity index (χ2n) is 2.84. The van der Waals surface area contributed by atoms with Gasteiger partial charge in [-0.25, -0.2) is 0 Å². The quantitative estimate of drug-likeness (QED) is 0.692. The van der Waals surface area contributed by atoms with Crippen LogP contribution in [0.5, 0.6) is 0 Å². The third kappa shape index (κ3) is 1.49. The van der Waals surface area contributed by atoms with Gasteiger partial charge in [0.15, 0.2) is 0 Å². The van der Waals surface area contributed by atoms with Crippen molar-refractivity contribution in [3.8, 4) is 0 Å². The van der Waals surface area contributed by atoms with Gasteiger partial charge in [-0.3, -0.25) is 4.79 Å². The highest BCUT2D eigenvalue weighted by Crippen LogP contribution is 2.24. The van der Waals surface area contributed by atoms with Gasteiger partial charge in [0.1, 0.15) is 6.29 Å². The normalized spacial score (nSPS) is 10.2. The Kier molecular flexibility index (Phi) is 2.15. The Morgan fingerprint density at radius 3 is 2.69 bits per heavy atom. The molecular weight excluding hydrogens is 228 g/mol. The Balaban J connectivity index is 2.84. The molecule has 2 rings (SSSR count). The van der Waals surface area contributed by atoms with Gasteiger partial charge in [-0.2, -0.15) is 0 Å². The van der Waals surface area contributed by atoms with E-state index in [1.807, 2.05) is 36.4 Å². The molecule has 0 heterocycles. The molecule has 0 aliphatic carbocycles. The van der Waals surface area contributed by atoms with Crippen LogP contribution in [0.3, 0.4) is 0 Å². The smallest absolute Gasteiger partial charge is 0.150 e. The van der Waals surface area contributed by atoms with Crippen molar-refractivity contribution in [2.45, 2.75) is 0 Å². The molecule has 2 aromatic rings. The highest BCUT2D eigenvalue weighted by molar-refractivity contribution is 9.10. The van der Waals surface area contributed by atoms with Crippen LogP contribution in [0.4, 0.5) is 0 Å². The first-order valence-corrected chi connectivity index (χ1v) is 4.74. The third-order valence-corrected chi connectivity index (χ3v) is 2.63. The van der Waals surface area contributed by atoms with Crippen molar-refractivity contribution < 1.29 is 4.79 Å². The third-order valence-electron chi connectivity index (χ3n) is 1.97. The lowest BCUT2D eigenvalue weighted by atomic mass is 10.1. The standard InChI is InChI=1S/C11H7BrO/c12-11-6-8(7-13)5-9-3-1-2-4-10(9)11/h1-7H.